The zero-order chi connectivity index (χ0) is 21.7. The highest BCUT2D eigenvalue weighted by atomic mass is 35.5. The van der Waals surface area contributed by atoms with Gasteiger partial charge in [0.15, 0.2) is 0 Å². The molecule has 2 aromatic rings. The second-order valence-electron chi connectivity index (χ2n) is 6.39. The summed E-state index contributed by atoms with van der Waals surface area (Å²) in [6, 6.07) is 4.25. The molecule has 1 amide bonds. The normalized spacial score (nSPS) is 19.5. The quantitative estimate of drug-likeness (QED) is 0.599. The average molecular weight is 469 g/mol. The summed E-state index contributed by atoms with van der Waals surface area (Å²) in [6.07, 6.45) is -3.73. The molecule has 0 unspecified atom stereocenters. The first-order valence-electron chi connectivity index (χ1n) is 8.87. The van der Waals surface area contributed by atoms with E-state index >= 15 is 0 Å². The number of hydrogen-bond donors (Lipinski definition) is 2. The van der Waals surface area contributed by atoms with Gasteiger partial charge in [0, 0.05) is 18.2 Å². The molecule has 1 aliphatic rings. The lowest BCUT2D eigenvalue weighted by atomic mass is 10.0. The van der Waals surface area contributed by atoms with Crippen LogP contribution in [0.4, 0.5) is 13.2 Å². The van der Waals surface area contributed by atoms with Gasteiger partial charge in [-0.25, -0.2) is 0 Å². The highest BCUT2D eigenvalue weighted by Gasteiger charge is 2.29. The first-order chi connectivity index (χ1) is 14.2. The minimum absolute atomic E-state index is 0.124. The van der Waals surface area contributed by atoms with Gasteiger partial charge in [0.05, 0.1) is 22.7 Å². The van der Waals surface area contributed by atoms with Crippen molar-refractivity contribution in [3.05, 3.63) is 39.7 Å². The van der Waals surface area contributed by atoms with Crippen LogP contribution in [0, 0.1) is 0 Å². The molecule has 30 heavy (non-hydrogen) atoms. The Morgan fingerprint density at radius 3 is 2.70 bits per heavy atom. The van der Waals surface area contributed by atoms with Crippen molar-refractivity contribution in [2.45, 2.75) is 31.3 Å². The van der Waals surface area contributed by atoms with Crippen molar-refractivity contribution in [2.75, 3.05) is 19.8 Å². The number of carbonyl (C=O) groups is 1. The molecule has 0 radical (unpaired) electrons. The van der Waals surface area contributed by atoms with Crippen LogP contribution in [0.1, 0.15) is 35.1 Å². The fourth-order valence-corrected chi connectivity index (χ4v) is 3.10. The Morgan fingerprint density at radius 1 is 1.23 bits per heavy atom. The van der Waals surface area contributed by atoms with E-state index in [1.807, 2.05) is 0 Å². The smallest absolute Gasteiger partial charge is 0.447 e. The Kier molecular flexibility index (Phi) is 7.40. The number of carbonyl (C=O) groups excluding carboxylic acids is 1. The summed E-state index contributed by atoms with van der Waals surface area (Å²) in [5.41, 5.74) is 0.403. The molecule has 8 nitrogen and oxygen atoms in total. The van der Waals surface area contributed by atoms with Crippen LogP contribution in [0.2, 0.25) is 10.0 Å². The lowest BCUT2D eigenvalue weighted by Gasteiger charge is -2.28. The maximum atomic E-state index is 12.3. The van der Waals surface area contributed by atoms with Gasteiger partial charge < -0.3 is 19.8 Å². The summed E-state index contributed by atoms with van der Waals surface area (Å²) in [4.78, 5) is 12.3. The van der Waals surface area contributed by atoms with E-state index in [-0.39, 0.29) is 36.6 Å². The summed E-state index contributed by atoms with van der Waals surface area (Å²) < 4.78 is 49.5. The van der Waals surface area contributed by atoms with Gasteiger partial charge in [-0.2, -0.15) is 0 Å². The third-order valence-electron chi connectivity index (χ3n) is 4.23. The number of rotatable bonds is 7. The zero-order valence-corrected chi connectivity index (χ0v) is 16.9. The van der Waals surface area contributed by atoms with Crippen molar-refractivity contribution in [1.82, 2.24) is 20.8 Å². The molecule has 1 aliphatic heterocycles. The molecule has 13 heteroatoms. The number of piperidine rings is 1. The largest absolute Gasteiger partial charge is 0.522 e. The van der Waals surface area contributed by atoms with Crippen molar-refractivity contribution in [3.8, 4) is 6.08 Å². The minimum Gasteiger partial charge on any atom is -0.447 e. The van der Waals surface area contributed by atoms with E-state index in [1.165, 1.54) is 6.07 Å². The standard InChI is InChI=1S/C17H17Cl2F3N4O4/c18-11-3-1-9(7-12(11)19)14(27)24-10-2-4-13(23-8-10)15-25-26-16(30-15)28-5-6-29-17(20,21)22/h1,3,7,10,13,23H,2,4-6,8H2,(H,24,27)/t10-,13-/m1/s1. The zero-order valence-electron chi connectivity index (χ0n) is 15.3. The predicted molar refractivity (Wildman–Crippen MR) is 99.5 cm³/mol. The van der Waals surface area contributed by atoms with E-state index in [2.05, 4.69) is 25.6 Å². The van der Waals surface area contributed by atoms with Gasteiger partial charge in [-0.15, -0.1) is 18.3 Å². The minimum atomic E-state index is -4.72. The predicted octanol–water partition coefficient (Wildman–Crippen LogP) is 3.51. The second kappa shape index (κ2) is 9.82. The van der Waals surface area contributed by atoms with Gasteiger partial charge in [-0.1, -0.05) is 28.3 Å². The van der Waals surface area contributed by atoms with E-state index in [4.69, 9.17) is 32.4 Å². The molecule has 1 saturated heterocycles. The van der Waals surface area contributed by atoms with Crippen LogP contribution >= 0.6 is 23.2 Å². The van der Waals surface area contributed by atoms with Crippen molar-refractivity contribution in [2.24, 2.45) is 0 Å². The molecule has 2 heterocycles. The molecule has 1 fully saturated rings. The number of alkyl halides is 3. The molecule has 1 aromatic heterocycles. The van der Waals surface area contributed by atoms with E-state index < -0.39 is 13.0 Å². The maximum Gasteiger partial charge on any atom is 0.522 e. The molecular formula is C17H17Cl2F3N4O4. The molecule has 0 bridgehead atoms. The number of nitrogens with one attached hydrogen (secondary N) is 2. The summed E-state index contributed by atoms with van der Waals surface area (Å²) >= 11 is 11.8. The number of amides is 1. The van der Waals surface area contributed by atoms with E-state index in [0.29, 0.717) is 35.0 Å². The summed E-state index contributed by atoms with van der Waals surface area (Å²) in [5, 5.41) is 14.2. The topological polar surface area (TPSA) is 98.5 Å². The van der Waals surface area contributed by atoms with E-state index in [9.17, 15) is 18.0 Å². The van der Waals surface area contributed by atoms with Gasteiger partial charge in [-0.3, -0.25) is 9.53 Å². The Balaban J connectivity index is 1.43. The van der Waals surface area contributed by atoms with Crippen molar-refractivity contribution >= 4 is 29.1 Å². The summed E-state index contributed by atoms with van der Waals surface area (Å²) in [6.45, 7) is -0.624. The van der Waals surface area contributed by atoms with E-state index in [1.54, 1.807) is 12.1 Å². The van der Waals surface area contributed by atoms with Crippen molar-refractivity contribution < 1.29 is 31.9 Å². The highest BCUT2D eigenvalue weighted by Crippen LogP contribution is 2.25. The molecule has 2 N–H and O–H groups in total. The van der Waals surface area contributed by atoms with Crippen molar-refractivity contribution in [3.63, 3.8) is 0 Å². The van der Waals surface area contributed by atoms with Gasteiger partial charge in [0.2, 0.25) is 5.89 Å². The fourth-order valence-electron chi connectivity index (χ4n) is 2.80. The number of halogens is 5. The molecule has 2 atom stereocenters. The first-order valence-corrected chi connectivity index (χ1v) is 9.63. The molecule has 1 aromatic carbocycles. The number of aromatic nitrogens is 2. The van der Waals surface area contributed by atoms with Crippen LogP contribution in [0.3, 0.4) is 0 Å². The molecule has 0 aliphatic carbocycles. The molecule has 164 valence electrons. The number of nitrogens with zero attached hydrogens (tertiary/aromatic N) is 2. The molecule has 0 spiro atoms. The van der Waals surface area contributed by atoms with Crippen LogP contribution in [-0.2, 0) is 4.74 Å². The van der Waals surface area contributed by atoms with Crippen LogP contribution in [0.5, 0.6) is 6.08 Å². The second-order valence-corrected chi connectivity index (χ2v) is 7.20. The third-order valence-corrected chi connectivity index (χ3v) is 4.97. The number of ether oxygens (including phenoxy) is 2. The van der Waals surface area contributed by atoms with E-state index in [0.717, 1.165) is 0 Å². The van der Waals surface area contributed by atoms with Gasteiger partial charge in [-0.05, 0) is 31.0 Å². The summed E-state index contributed by atoms with van der Waals surface area (Å²) in [7, 11) is 0. The van der Waals surface area contributed by atoms with Crippen LogP contribution < -0.4 is 15.4 Å². The molecule has 0 saturated carbocycles. The van der Waals surface area contributed by atoms with Crippen LogP contribution in [-0.4, -0.2) is 48.3 Å². The van der Waals surface area contributed by atoms with Crippen molar-refractivity contribution in [1.29, 1.82) is 0 Å². The number of benzene rings is 1. The monoisotopic (exact) mass is 468 g/mol. The van der Waals surface area contributed by atoms with Crippen LogP contribution in [0.25, 0.3) is 0 Å². The first kappa shape index (κ1) is 22.6. The van der Waals surface area contributed by atoms with Gasteiger partial charge >= 0.3 is 12.4 Å². The maximum absolute atomic E-state index is 12.3. The van der Waals surface area contributed by atoms with Crippen LogP contribution in [0.15, 0.2) is 22.6 Å². The molecule has 3 rings (SSSR count). The SMILES string of the molecule is O=C(N[C@@H]1CC[C@H](c2nnc(OCCOC(F)(F)F)o2)NC1)c1ccc(Cl)c(Cl)c1. The Hall–Kier alpha value is -2.08. The number of hydrogen-bond acceptors (Lipinski definition) is 7. The Labute approximate surface area is 179 Å². The summed E-state index contributed by atoms with van der Waals surface area (Å²) in [5.74, 6) is -0.0237. The third kappa shape index (κ3) is 6.46. The molecular weight excluding hydrogens is 452 g/mol. The lowest BCUT2D eigenvalue weighted by Crippen LogP contribution is -2.46. The van der Waals surface area contributed by atoms with Gasteiger partial charge in [0.1, 0.15) is 6.61 Å². The fraction of sp³-hybridized carbons (Fsp3) is 0.471. The highest BCUT2D eigenvalue weighted by molar-refractivity contribution is 6.42. The Morgan fingerprint density at radius 2 is 2.03 bits per heavy atom. The van der Waals surface area contributed by atoms with Gasteiger partial charge in [0.25, 0.3) is 5.91 Å². The Bertz CT molecular complexity index is 873. The lowest BCUT2D eigenvalue weighted by molar-refractivity contribution is -0.325. The average Bonchev–Trinajstić information content (AvgIpc) is 3.16.